The van der Waals surface area contributed by atoms with E-state index >= 15 is 0 Å². The maximum absolute atomic E-state index is 11.7. The molecular weight excluding hydrogens is 240 g/mol. The third kappa shape index (κ3) is 4.15. The second-order valence-electron chi connectivity index (χ2n) is 4.41. The number of carbonyl (C=O) groups excluding carboxylic acids is 1. The summed E-state index contributed by atoms with van der Waals surface area (Å²) < 4.78 is 10.6. The molecule has 1 saturated heterocycles. The number of hydrogen-bond donors (Lipinski definition) is 2. The fourth-order valence-corrected chi connectivity index (χ4v) is 1.70. The number of ether oxygens (including phenoxy) is 2. The lowest BCUT2D eigenvalue weighted by molar-refractivity contribution is -0.137. The summed E-state index contributed by atoms with van der Waals surface area (Å²) in [5, 5.41) is 11.3. The van der Waals surface area contributed by atoms with Crippen LogP contribution in [0.15, 0.2) is 0 Å². The van der Waals surface area contributed by atoms with Crippen molar-refractivity contribution in [2.24, 2.45) is 0 Å². The lowest BCUT2D eigenvalue weighted by Gasteiger charge is -2.27. The molecule has 0 aromatic heterocycles. The lowest BCUT2D eigenvalue weighted by atomic mass is 10.0. The Morgan fingerprint density at radius 2 is 2.28 bits per heavy atom. The first-order valence-corrected chi connectivity index (χ1v) is 5.83. The maximum Gasteiger partial charge on any atom is 0.317 e. The molecular formula is C11H20N2O5. The summed E-state index contributed by atoms with van der Waals surface area (Å²) in [6.45, 7) is 1.62. The molecule has 1 atom stereocenters. The molecule has 0 aromatic rings. The topological polar surface area (TPSA) is 88.1 Å². The second-order valence-corrected chi connectivity index (χ2v) is 4.41. The van der Waals surface area contributed by atoms with Gasteiger partial charge in [-0.2, -0.15) is 0 Å². The Morgan fingerprint density at radius 1 is 1.56 bits per heavy atom. The zero-order valence-corrected chi connectivity index (χ0v) is 10.8. The Hall–Kier alpha value is -1.34. The maximum atomic E-state index is 11.7. The minimum absolute atomic E-state index is 0.0670. The van der Waals surface area contributed by atoms with E-state index in [0.29, 0.717) is 19.8 Å². The van der Waals surface area contributed by atoms with E-state index in [1.807, 2.05) is 0 Å². The zero-order chi connectivity index (χ0) is 13.6. The summed E-state index contributed by atoms with van der Waals surface area (Å²) in [5.74, 6) is -0.924. The van der Waals surface area contributed by atoms with E-state index in [0.717, 1.165) is 6.42 Å². The first-order chi connectivity index (χ1) is 8.49. The third-order valence-corrected chi connectivity index (χ3v) is 3.07. The molecule has 2 amide bonds. The van der Waals surface area contributed by atoms with Crippen LogP contribution >= 0.6 is 0 Å². The predicted octanol–water partition coefficient (Wildman–Crippen LogP) is -0.0920. The summed E-state index contributed by atoms with van der Waals surface area (Å²) in [7, 11) is 3.15. The van der Waals surface area contributed by atoms with Crippen molar-refractivity contribution in [3.8, 4) is 0 Å². The van der Waals surface area contributed by atoms with E-state index in [2.05, 4.69) is 5.32 Å². The van der Waals surface area contributed by atoms with E-state index in [-0.39, 0.29) is 19.0 Å². The average Bonchev–Trinajstić information content (AvgIpc) is 2.82. The van der Waals surface area contributed by atoms with Crippen molar-refractivity contribution in [3.63, 3.8) is 0 Å². The fraction of sp³-hybridized carbons (Fsp3) is 0.818. The van der Waals surface area contributed by atoms with Crippen molar-refractivity contribution >= 4 is 12.0 Å². The van der Waals surface area contributed by atoms with Crippen molar-refractivity contribution in [1.29, 1.82) is 0 Å². The molecule has 7 nitrogen and oxygen atoms in total. The minimum atomic E-state index is -0.924. The summed E-state index contributed by atoms with van der Waals surface area (Å²) in [4.78, 5) is 23.4. The van der Waals surface area contributed by atoms with Gasteiger partial charge in [0.1, 0.15) is 5.60 Å². The number of methoxy groups -OCH3 is 1. The molecule has 2 N–H and O–H groups in total. The van der Waals surface area contributed by atoms with Gasteiger partial charge >= 0.3 is 12.0 Å². The molecule has 0 radical (unpaired) electrons. The second kappa shape index (κ2) is 6.55. The van der Waals surface area contributed by atoms with Crippen LogP contribution in [0.5, 0.6) is 0 Å². The molecule has 0 aromatic carbocycles. The standard InChI is InChI=1S/C11H20N2O5/c1-13(5-3-9(14)15)10(16)12-7-11(17-2)4-6-18-8-11/h3-8H2,1-2H3,(H,12,16)(H,14,15). The van der Waals surface area contributed by atoms with Gasteiger partial charge in [-0.3, -0.25) is 4.79 Å². The molecule has 1 rings (SSSR count). The van der Waals surface area contributed by atoms with E-state index in [1.165, 1.54) is 4.90 Å². The Kier molecular flexibility index (Phi) is 5.36. The van der Waals surface area contributed by atoms with Crippen molar-refractivity contribution in [2.75, 3.05) is 40.5 Å². The van der Waals surface area contributed by atoms with Crippen molar-refractivity contribution in [2.45, 2.75) is 18.4 Å². The van der Waals surface area contributed by atoms with Crippen LogP contribution in [-0.2, 0) is 14.3 Å². The van der Waals surface area contributed by atoms with Crippen LogP contribution in [0.1, 0.15) is 12.8 Å². The number of nitrogens with zero attached hydrogens (tertiary/aromatic N) is 1. The van der Waals surface area contributed by atoms with Gasteiger partial charge < -0.3 is 24.8 Å². The molecule has 0 spiro atoms. The first kappa shape index (κ1) is 14.7. The van der Waals surface area contributed by atoms with Gasteiger partial charge in [-0.25, -0.2) is 4.79 Å². The molecule has 0 aliphatic carbocycles. The Bertz CT molecular complexity index is 302. The van der Waals surface area contributed by atoms with Gasteiger partial charge in [0.2, 0.25) is 0 Å². The molecule has 7 heteroatoms. The highest BCUT2D eigenvalue weighted by atomic mass is 16.5. The summed E-state index contributed by atoms with van der Waals surface area (Å²) >= 11 is 0. The summed E-state index contributed by atoms with van der Waals surface area (Å²) in [6.07, 6.45) is 0.672. The highest BCUT2D eigenvalue weighted by Crippen LogP contribution is 2.21. The monoisotopic (exact) mass is 260 g/mol. The van der Waals surface area contributed by atoms with Gasteiger partial charge in [0.15, 0.2) is 0 Å². The lowest BCUT2D eigenvalue weighted by Crippen LogP contribution is -2.48. The van der Waals surface area contributed by atoms with Gasteiger partial charge in [0.05, 0.1) is 19.6 Å². The Labute approximate surface area is 106 Å². The molecule has 1 aliphatic rings. The number of carboxylic acid groups (broad SMARTS) is 1. The van der Waals surface area contributed by atoms with Gasteiger partial charge in [-0.15, -0.1) is 0 Å². The van der Waals surface area contributed by atoms with Gasteiger partial charge in [-0.1, -0.05) is 0 Å². The highest BCUT2D eigenvalue weighted by Gasteiger charge is 2.35. The fourth-order valence-electron chi connectivity index (χ4n) is 1.70. The zero-order valence-electron chi connectivity index (χ0n) is 10.8. The summed E-state index contributed by atoms with van der Waals surface area (Å²) in [6, 6.07) is -0.306. The van der Waals surface area contributed by atoms with Crippen molar-refractivity contribution in [1.82, 2.24) is 10.2 Å². The third-order valence-electron chi connectivity index (χ3n) is 3.07. The molecule has 1 fully saturated rings. The van der Waals surface area contributed by atoms with Crippen LogP contribution in [-0.4, -0.2) is 68.1 Å². The van der Waals surface area contributed by atoms with Crippen LogP contribution in [0.3, 0.4) is 0 Å². The van der Waals surface area contributed by atoms with Crippen LogP contribution in [0.25, 0.3) is 0 Å². The van der Waals surface area contributed by atoms with Gasteiger partial charge in [-0.05, 0) is 0 Å². The molecule has 18 heavy (non-hydrogen) atoms. The van der Waals surface area contributed by atoms with E-state index in [9.17, 15) is 9.59 Å². The minimum Gasteiger partial charge on any atom is -0.481 e. The van der Waals surface area contributed by atoms with Crippen LogP contribution in [0.4, 0.5) is 4.79 Å². The summed E-state index contributed by atoms with van der Waals surface area (Å²) in [5.41, 5.74) is -0.455. The van der Waals surface area contributed by atoms with E-state index in [1.54, 1.807) is 14.2 Å². The normalized spacial score (nSPS) is 22.8. The van der Waals surface area contributed by atoms with Crippen LogP contribution < -0.4 is 5.32 Å². The SMILES string of the molecule is COC1(CNC(=O)N(C)CCC(=O)O)CCOC1. The predicted molar refractivity (Wildman–Crippen MR) is 63.5 cm³/mol. The molecule has 0 bridgehead atoms. The molecule has 0 saturated carbocycles. The molecule has 104 valence electrons. The van der Waals surface area contributed by atoms with Crippen molar-refractivity contribution < 1.29 is 24.2 Å². The number of amides is 2. The highest BCUT2D eigenvalue weighted by molar-refractivity contribution is 5.75. The molecule has 1 heterocycles. The molecule has 1 unspecified atom stereocenters. The smallest absolute Gasteiger partial charge is 0.317 e. The van der Waals surface area contributed by atoms with Crippen molar-refractivity contribution in [3.05, 3.63) is 0 Å². The number of carbonyl (C=O) groups is 2. The first-order valence-electron chi connectivity index (χ1n) is 5.83. The quantitative estimate of drug-likeness (QED) is 0.696. The number of aliphatic carboxylic acids is 1. The van der Waals surface area contributed by atoms with Crippen LogP contribution in [0, 0.1) is 0 Å². The number of urea groups is 1. The molecule has 1 aliphatic heterocycles. The van der Waals surface area contributed by atoms with Gasteiger partial charge in [0, 0.05) is 33.7 Å². The number of nitrogens with one attached hydrogen (secondary N) is 1. The average molecular weight is 260 g/mol. The van der Waals surface area contributed by atoms with E-state index < -0.39 is 11.6 Å². The van der Waals surface area contributed by atoms with Crippen LogP contribution in [0.2, 0.25) is 0 Å². The number of rotatable bonds is 6. The van der Waals surface area contributed by atoms with Gasteiger partial charge in [0.25, 0.3) is 0 Å². The van der Waals surface area contributed by atoms with E-state index in [4.69, 9.17) is 14.6 Å². The largest absolute Gasteiger partial charge is 0.481 e. The number of hydrogen-bond acceptors (Lipinski definition) is 4. The number of carboxylic acids is 1. The Morgan fingerprint density at radius 3 is 2.78 bits per heavy atom. The Balaban J connectivity index is 2.33.